The number of amides is 2. The molecule has 1 fully saturated rings. The fourth-order valence-corrected chi connectivity index (χ4v) is 3.70. The van der Waals surface area contributed by atoms with Gasteiger partial charge in [-0.3, -0.25) is 19.7 Å². The van der Waals surface area contributed by atoms with Crippen molar-refractivity contribution in [1.82, 2.24) is 9.80 Å². The van der Waals surface area contributed by atoms with Gasteiger partial charge in [0.15, 0.2) is 11.5 Å². The minimum absolute atomic E-state index is 0.0518. The molecule has 33 heavy (non-hydrogen) atoms. The van der Waals surface area contributed by atoms with Crippen molar-refractivity contribution in [3.05, 3.63) is 57.6 Å². The minimum Gasteiger partial charge on any atom is -0.497 e. The summed E-state index contributed by atoms with van der Waals surface area (Å²) >= 11 is 0. The Morgan fingerprint density at radius 2 is 1.70 bits per heavy atom. The van der Waals surface area contributed by atoms with Crippen molar-refractivity contribution in [2.75, 3.05) is 47.0 Å². The monoisotopic (exact) mass is 457 g/mol. The Balaban J connectivity index is 1.69. The van der Waals surface area contributed by atoms with E-state index in [0.717, 1.165) is 5.56 Å². The van der Waals surface area contributed by atoms with Gasteiger partial charge in [0.1, 0.15) is 11.3 Å². The fraction of sp³-hybridized carbons (Fsp3) is 0.391. The molecule has 0 unspecified atom stereocenters. The third kappa shape index (κ3) is 5.51. The first-order valence-electron chi connectivity index (χ1n) is 10.6. The molecule has 2 aromatic carbocycles. The Bertz CT molecular complexity index is 1030. The summed E-state index contributed by atoms with van der Waals surface area (Å²) in [5.41, 5.74) is 0.423. The van der Waals surface area contributed by atoms with E-state index in [2.05, 4.69) is 0 Å². The number of nitro groups is 1. The van der Waals surface area contributed by atoms with Gasteiger partial charge in [0.25, 0.3) is 11.6 Å². The third-order valence-corrected chi connectivity index (χ3v) is 5.42. The number of benzene rings is 2. The average Bonchev–Trinajstić information content (AvgIpc) is 2.83. The van der Waals surface area contributed by atoms with Crippen LogP contribution in [0.5, 0.6) is 17.2 Å². The van der Waals surface area contributed by atoms with E-state index in [1.807, 2.05) is 24.3 Å². The summed E-state index contributed by atoms with van der Waals surface area (Å²) in [4.78, 5) is 40.0. The smallest absolute Gasteiger partial charge is 0.286 e. The number of methoxy groups -OCH3 is 2. The van der Waals surface area contributed by atoms with E-state index in [4.69, 9.17) is 14.2 Å². The lowest BCUT2D eigenvalue weighted by atomic mass is 10.1. The first kappa shape index (κ1) is 23.8. The van der Waals surface area contributed by atoms with Gasteiger partial charge in [0.2, 0.25) is 5.91 Å². The van der Waals surface area contributed by atoms with Crippen LogP contribution in [0, 0.1) is 10.1 Å². The second kappa shape index (κ2) is 10.7. The van der Waals surface area contributed by atoms with Crippen LogP contribution in [0.2, 0.25) is 0 Å². The number of carbonyl (C=O) groups excluding carboxylic acids is 2. The molecule has 176 valence electrons. The van der Waals surface area contributed by atoms with Gasteiger partial charge in [-0.1, -0.05) is 12.1 Å². The summed E-state index contributed by atoms with van der Waals surface area (Å²) in [6.07, 6.45) is 0.229. The highest BCUT2D eigenvalue weighted by atomic mass is 16.6. The lowest BCUT2D eigenvalue weighted by molar-refractivity contribution is -0.385. The molecule has 10 nitrogen and oxygen atoms in total. The van der Waals surface area contributed by atoms with Crippen molar-refractivity contribution in [2.45, 2.75) is 13.3 Å². The summed E-state index contributed by atoms with van der Waals surface area (Å²) in [6.45, 7) is 3.28. The van der Waals surface area contributed by atoms with Gasteiger partial charge in [0.05, 0.1) is 38.2 Å². The van der Waals surface area contributed by atoms with Crippen LogP contribution in [0.4, 0.5) is 5.69 Å². The summed E-state index contributed by atoms with van der Waals surface area (Å²) < 4.78 is 15.8. The Kier molecular flexibility index (Phi) is 7.70. The molecule has 1 aliphatic rings. The topological polar surface area (TPSA) is 111 Å². The number of hydrogen-bond donors (Lipinski definition) is 0. The number of ether oxygens (including phenoxy) is 3. The van der Waals surface area contributed by atoms with Crippen LogP contribution in [0.1, 0.15) is 22.8 Å². The summed E-state index contributed by atoms with van der Waals surface area (Å²) in [5.74, 6) is 0.601. The van der Waals surface area contributed by atoms with Gasteiger partial charge < -0.3 is 24.0 Å². The highest BCUT2D eigenvalue weighted by Gasteiger charge is 2.31. The molecule has 3 rings (SSSR count). The molecule has 0 N–H and O–H groups in total. The zero-order chi connectivity index (χ0) is 24.0. The Morgan fingerprint density at radius 3 is 2.30 bits per heavy atom. The number of piperazine rings is 1. The van der Waals surface area contributed by atoms with E-state index >= 15 is 0 Å². The molecule has 10 heteroatoms. The van der Waals surface area contributed by atoms with Crippen molar-refractivity contribution in [3.8, 4) is 17.2 Å². The fourth-order valence-electron chi connectivity index (χ4n) is 3.70. The number of nitro benzene ring substituents is 1. The molecule has 0 aliphatic carbocycles. The SMILES string of the molecule is CCOc1cc([N+](=O)[O-])c(C(=O)N2CCN(C(=O)Cc3cccc(OC)c3)CC2)cc1OC. The van der Waals surface area contributed by atoms with Crippen molar-refractivity contribution in [1.29, 1.82) is 0 Å². The highest BCUT2D eigenvalue weighted by Crippen LogP contribution is 2.35. The van der Waals surface area contributed by atoms with E-state index in [9.17, 15) is 19.7 Å². The second-order valence-corrected chi connectivity index (χ2v) is 7.41. The average molecular weight is 457 g/mol. The van der Waals surface area contributed by atoms with Crippen LogP contribution in [0.15, 0.2) is 36.4 Å². The number of rotatable bonds is 8. The van der Waals surface area contributed by atoms with Gasteiger partial charge in [-0.25, -0.2) is 0 Å². The third-order valence-electron chi connectivity index (χ3n) is 5.42. The maximum absolute atomic E-state index is 13.1. The van der Waals surface area contributed by atoms with Gasteiger partial charge in [-0.15, -0.1) is 0 Å². The van der Waals surface area contributed by atoms with Crippen LogP contribution in [-0.2, 0) is 11.2 Å². The van der Waals surface area contributed by atoms with Crippen molar-refractivity contribution >= 4 is 17.5 Å². The largest absolute Gasteiger partial charge is 0.497 e. The highest BCUT2D eigenvalue weighted by molar-refractivity contribution is 5.99. The molecule has 0 bridgehead atoms. The maximum atomic E-state index is 13.1. The van der Waals surface area contributed by atoms with Crippen molar-refractivity contribution in [2.24, 2.45) is 0 Å². The lowest BCUT2D eigenvalue weighted by Gasteiger charge is -2.35. The minimum atomic E-state index is -0.608. The molecule has 2 aromatic rings. The molecule has 1 saturated heterocycles. The van der Waals surface area contributed by atoms with Crippen molar-refractivity contribution in [3.63, 3.8) is 0 Å². The van der Waals surface area contributed by atoms with Gasteiger partial charge in [-0.2, -0.15) is 0 Å². The Hall–Kier alpha value is -3.82. The molecule has 0 spiro atoms. The van der Waals surface area contributed by atoms with E-state index in [0.29, 0.717) is 25.4 Å². The number of nitrogens with zero attached hydrogens (tertiary/aromatic N) is 3. The Labute approximate surface area is 191 Å². The molecule has 1 heterocycles. The normalized spacial score (nSPS) is 13.4. The number of carbonyl (C=O) groups is 2. The molecule has 0 aromatic heterocycles. The lowest BCUT2D eigenvalue weighted by Crippen LogP contribution is -2.51. The molecular formula is C23H27N3O7. The van der Waals surface area contributed by atoms with E-state index in [1.165, 1.54) is 24.1 Å². The van der Waals surface area contributed by atoms with E-state index < -0.39 is 10.8 Å². The van der Waals surface area contributed by atoms with E-state index in [-0.39, 0.29) is 48.2 Å². The molecule has 1 aliphatic heterocycles. The first-order valence-corrected chi connectivity index (χ1v) is 10.6. The van der Waals surface area contributed by atoms with Crippen LogP contribution in [-0.4, -0.2) is 73.5 Å². The molecule has 0 radical (unpaired) electrons. The molecule has 0 atom stereocenters. The van der Waals surface area contributed by atoms with E-state index in [1.54, 1.807) is 18.9 Å². The summed E-state index contributed by atoms with van der Waals surface area (Å²) in [7, 11) is 2.98. The van der Waals surface area contributed by atoms with Gasteiger partial charge in [-0.05, 0) is 24.6 Å². The second-order valence-electron chi connectivity index (χ2n) is 7.41. The quantitative estimate of drug-likeness (QED) is 0.442. The Morgan fingerprint density at radius 1 is 1.00 bits per heavy atom. The standard InChI is InChI=1S/C23H27N3O7/c1-4-33-21-15-19(26(29)30)18(14-20(21)32-3)23(28)25-10-8-24(9-11-25)22(27)13-16-6-5-7-17(12-16)31-2/h5-7,12,14-15H,4,8-11,13H2,1-3H3. The predicted octanol–water partition coefficient (Wildman–Crippen LogP) is 2.54. The number of hydrogen-bond acceptors (Lipinski definition) is 7. The predicted molar refractivity (Wildman–Crippen MR) is 120 cm³/mol. The molecule has 2 amide bonds. The summed E-state index contributed by atoms with van der Waals surface area (Å²) in [6, 6.07) is 9.87. The van der Waals surface area contributed by atoms with Crippen LogP contribution in [0.3, 0.4) is 0 Å². The van der Waals surface area contributed by atoms with Gasteiger partial charge in [0, 0.05) is 32.2 Å². The zero-order valence-corrected chi connectivity index (χ0v) is 18.9. The van der Waals surface area contributed by atoms with Gasteiger partial charge >= 0.3 is 0 Å². The van der Waals surface area contributed by atoms with Crippen LogP contribution >= 0.6 is 0 Å². The summed E-state index contributed by atoms with van der Waals surface area (Å²) in [5, 5.41) is 11.6. The molecule has 0 saturated carbocycles. The first-order chi connectivity index (χ1) is 15.9. The van der Waals surface area contributed by atoms with Crippen molar-refractivity contribution < 1.29 is 28.7 Å². The molecular weight excluding hydrogens is 430 g/mol. The maximum Gasteiger partial charge on any atom is 0.286 e. The van der Waals surface area contributed by atoms with Crippen LogP contribution < -0.4 is 14.2 Å². The van der Waals surface area contributed by atoms with Crippen LogP contribution in [0.25, 0.3) is 0 Å². The zero-order valence-electron chi connectivity index (χ0n) is 18.9.